The fourth-order valence-corrected chi connectivity index (χ4v) is 2.89. The molecule has 0 spiro atoms. The van der Waals surface area contributed by atoms with Crippen molar-refractivity contribution >= 4 is 21.7 Å². The summed E-state index contributed by atoms with van der Waals surface area (Å²) in [4.78, 5) is 11.4. The molecule has 0 amide bonds. The summed E-state index contributed by atoms with van der Waals surface area (Å²) in [6.45, 7) is 8.98. The van der Waals surface area contributed by atoms with Gasteiger partial charge in [-0.1, -0.05) is 13.8 Å². The maximum atomic E-state index is 4.50. The molecule has 1 aliphatic rings. The van der Waals surface area contributed by atoms with E-state index in [4.69, 9.17) is 0 Å². The van der Waals surface area contributed by atoms with Gasteiger partial charge in [0, 0.05) is 19.0 Å². The topological polar surface area (TPSA) is 41.1 Å². The maximum Gasteiger partial charge on any atom is 0.131 e. The largest absolute Gasteiger partial charge is 0.370 e. The molecule has 1 N–H and O–H groups in total. The highest BCUT2D eigenvalue weighted by Gasteiger charge is 2.17. The summed E-state index contributed by atoms with van der Waals surface area (Å²) in [6, 6.07) is 1.96. The van der Waals surface area contributed by atoms with E-state index in [2.05, 4.69) is 50.0 Å². The van der Waals surface area contributed by atoms with Crippen molar-refractivity contribution in [3.63, 3.8) is 0 Å². The van der Waals surface area contributed by atoms with E-state index in [0.29, 0.717) is 0 Å². The smallest absolute Gasteiger partial charge is 0.131 e. The first-order valence-corrected chi connectivity index (χ1v) is 8.00. The van der Waals surface area contributed by atoms with E-state index in [9.17, 15) is 0 Å². The number of halogens is 1. The molecule has 5 heteroatoms. The number of aromatic nitrogens is 2. The normalized spacial score (nSPS) is 17.6. The van der Waals surface area contributed by atoms with Crippen LogP contribution >= 0.6 is 15.9 Å². The number of hydrogen-bond donors (Lipinski definition) is 1. The second kappa shape index (κ2) is 7.20. The minimum Gasteiger partial charge on any atom is -0.370 e. The molecular formula is C14H23BrN4. The molecule has 19 heavy (non-hydrogen) atoms. The molecule has 2 rings (SSSR count). The molecule has 0 unspecified atom stereocenters. The lowest BCUT2D eigenvalue weighted by Gasteiger charge is -2.31. The Morgan fingerprint density at radius 2 is 2.05 bits per heavy atom. The lowest BCUT2D eigenvalue weighted by Crippen LogP contribution is -2.35. The average Bonchev–Trinajstić information content (AvgIpc) is 2.45. The van der Waals surface area contributed by atoms with Crippen LogP contribution in [-0.2, 0) is 6.42 Å². The second-order valence-corrected chi connectivity index (χ2v) is 5.92. The summed E-state index contributed by atoms with van der Waals surface area (Å²) in [5, 5.41) is 3.46. The van der Waals surface area contributed by atoms with Gasteiger partial charge in [-0.15, -0.1) is 0 Å². The third kappa shape index (κ3) is 4.42. The van der Waals surface area contributed by atoms with Crippen molar-refractivity contribution < 1.29 is 0 Å². The van der Waals surface area contributed by atoms with Gasteiger partial charge in [0.25, 0.3) is 0 Å². The molecule has 0 saturated carbocycles. The third-order valence-electron chi connectivity index (χ3n) is 3.78. The Balaban J connectivity index is 1.84. The molecule has 0 aromatic carbocycles. The van der Waals surface area contributed by atoms with Crippen molar-refractivity contribution in [2.45, 2.75) is 33.1 Å². The monoisotopic (exact) mass is 326 g/mol. The van der Waals surface area contributed by atoms with E-state index in [1.807, 2.05) is 6.07 Å². The highest BCUT2D eigenvalue weighted by Crippen LogP contribution is 2.18. The van der Waals surface area contributed by atoms with E-state index in [0.717, 1.165) is 35.1 Å². The van der Waals surface area contributed by atoms with Crippen molar-refractivity contribution in [1.29, 1.82) is 0 Å². The maximum absolute atomic E-state index is 4.50. The van der Waals surface area contributed by atoms with Crippen LogP contribution in [0.15, 0.2) is 10.7 Å². The van der Waals surface area contributed by atoms with Crippen LogP contribution in [0.5, 0.6) is 0 Å². The van der Waals surface area contributed by atoms with Gasteiger partial charge >= 0.3 is 0 Å². The highest BCUT2D eigenvalue weighted by molar-refractivity contribution is 9.10. The first kappa shape index (κ1) is 14.7. The number of anilines is 1. The number of nitrogens with zero attached hydrogens (tertiary/aromatic N) is 3. The lowest BCUT2D eigenvalue weighted by atomic mass is 9.97. The first-order valence-electron chi connectivity index (χ1n) is 7.21. The standard InChI is InChI=1S/C14H23BrN4/c1-3-13-17-12(15)9-14(18-13)16-10-11-5-7-19(4-2)8-6-11/h9,11H,3-8,10H2,1-2H3,(H,16,17,18). The Bertz CT molecular complexity index is 402. The molecule has 1 aromatic rings. The highest BCUT2D eigenvalue weighted by atomic mass is 79.9. The third-order valence-corrected chi connectivity index (χ3v) is 4.19. The molecule has 1 aliphatic heterocycles. The average molecular weight is 327 g/mol. The second-order valence-electron chi connectivity index (χ2n) is 5.10. The zero-order valence-corrected chi connectivity index (χ0v) is 13.4. The van der Waals surface area contributed by atoms with Crippen LogP contribution in [0.3, 0.4) is 0 Å². The fraction of sp³-hybridized carbons (Fsp3) is 0.714. The Kier molecular flexibility index (Phi) is 5.58. The number of piperidine rings is 1. The predicted octanol–water partition coefficient (Wildman–Crippen LogP) is 2.95. The summed E-state index contributed by atoms with van der Waals surface area (Å²) in [5.74, 6) is 2.59. The molecule has 0 bridgehead atoms. The first-order chi connectivity index (χ1) is 9.21. The summed E-state index contributed by atoms with van der Waals surface area (Å²) < 4.78 is 0.864. The summed E-state index contributed by atoms with van der Waals surface area (Å²) >= 11 is 3.44. The quantitative estimate of drug-likeness (QED) is 0.844. The van der Waals surface area contributed by atoms with Crippen LogP contribution in [0.1, 0.15) is 32.5 Å². The Morgan fingerprint density at radius 3 is 2.68 bits per heavy atom. The molecule has 1 aromatic heterocycles. The number of aryl methyl sites for hydroxylation is 1. The van der Waals surface area contributed by atoms with Gasteiger partial charge in [0.05, 0.1) is 0 Å². The Morgan fingerprint density at radius 1 is 1.32 bits per heavy atom. The molecule has 1 saturated heterocycles. The van der Waals surface area contributed by atoms with Crippen LogP contribution in [0.25, 0.3) is 0 Å². The van der Waals surface area contributed by atoms with Gasteiger partial charge in [0.15, 0.2) is 0 Å². The van der Waals surface area contributed by atoms with Crippen molar-refractivity contribution in [3.05, 3.63) is 16.5 Å². The summed E-state index contributed by atoms with van der Waals surface area (Å²) in [6.07, 6.45) is 3.43. The zero-order valence-electron chi connectivity index (χ0n) is 11.8. The van der Waals surface area contributed by atoms with Crippen LogP contribution < -0.4 is 5.32 Å². The molecule has 4 nitrogen and oxygen atoms in total. The van der Waals surface area contributed by atoms with Gasteiger partial charge in [-0.2, -0.15) is 0 Å². The van der Waals surface area contributed by atoms with Crippen molar-refractivity contribution in [1.82, 2.24) is 14.9 Å². The van der Waals surface area contributed by atoms with Gasteiger partial charge in [-0.05, 0) is 54.3 Å². The summed E-state index contributed by atoms with van der Waals surface area (Å²) in [5.41, 5.74) is 0. The van der Waals surface area contributed by atoms with Crippen molar-refractivity contribution in [3.8, 4) is 0 Å². The minimum absolute atomic E-state index is 0.765. The van der Waals surface area contributed by atoms with Crippen molar-refractivity contribution in [2.24, 2.45) is 5.92 Å². The van der Waals surface area contributed by atoms with Crippen LogP contribution in [-0.4, -0.2) is 41.0 Å². The lowest BCUT2D eigenvalue weighted by molar-refractivity contribution is 0.198. The number of rotatable bonds is 5. The molecule has 1 fully saturated rings. The van der Waals surface area contributed by atoms with E-state index in [-0.39, 0.29) is 0 Å². The number of hydrogen-bond acceptors (Lipinski definition) is 4. The molecule has 106 valence electrons. The van der Waals surface area contributed by atoms with Gasteiger partial charge in [0.1, 0.15) is 16.2 Å². The SMILES string of the molecule is CCc1nc(Br)cc(NCC2CCN(CC)CC2)n1. The minimum atomic E-state index is 0.765. The van der Waals surface area contributed by atoms with Crippen LogP contribution in [0, 0.1) is 5.92 Å². The van der Waals surface area contributed by atoms with E-state index < -0.39 is 0 Å². The predicted molar refractivity (Wildman–Crippen MR) is 82.4 cm³/mol. The summed E-state index contributed by atoms with van der Waals surface area (Å²) in [7, 11) is 0. The van der Waals surface area contributed by atoms with E-state index in [1.54, 1.807) is 0 Å². The molecule has 2 heterocycles. The molecule has 0 aliphatic carbocycles. The Labute approximate surface area is 124 Å². The van der Waals surface area contributed by atoms with Crippen molar-refractivity contribution in [2.75, 3.05) is 31.5 Å². The van der Waals surface area contributed by atoms with E-state index in [1.165, 1.54) is 32.5 Å². The molecule has 0 radical (unpaired) electrons. The fourth-order valence-electron chi connectivity index (χ4n) is 2.47. The zero-order chi connectivity index (χ0) is 13.7. The Hall–Kier alpha value is -0.680. The van der Waals surface area contributed by atoms with Crippen LogP contribution in [0.4, 0.5) is 5.82 Å². The molecular weight excluding hydrogens is 304 g/mol. The van der Waals surface area contributed by atoms with E-state index >= 15 is 0 Å². The van der Waals surface area contributed by atoms with Gasteiger partial charge in [-0.3, -0.25) is 0 Å². The number of likely N-dealkylation sites (tertiary alicyclic amines) is 1. The van der Waals surface area contributed by atoms with Gasteiger partial charge in [-0.25, -0.2) is 9.97 Å². The van der Waals surface area contributed by atoms with Gasteiger partial charge < -0.3 is 10.2 Å². The van der Waals surface area contributed by atoms with Gasteiger partial charge in [0.2, 0.25) is 0 Å². The number of nitrogens with one attached hydrogen (secondary N) is 1. The molecule has 0 atom stereocenters. The van der Waals surface area contributed by atoms with Crippen LogP contribution in [0.2, 0.25) is 0 Å².